The first-order valence-electron chi connectivity index (χ1n) is 9.91. The number of hydrogen-bond acceptors (Lipinski definition) is 7. The van der Waals surface area contributed by atoms with Gasteiger partial charge in [0.1, 0.15) is 11.5 Å². The number of allylic oxidation sites excluding steroid dienone is 1. The Bertz CT molecular complexity index is 1380. The Morgan fingerprint density at radius 2 is 1.97 bits per heavy atom. The average molecular weight is 517 g/mol. The summed E-state index contributed by atoms with van der Waals surface area (Å²) in [6, 6.07) is 10.1. The van der Waals surface area contributed by atoms with Crippen molar-refractivity contribution in [2.75, 3.05) is 7.11 Å². The quantitative estimate of drug-likeness (QED) is 0.484. The fourth-order valence-electron chi connectivity index (χ4n) is 3.50. The molecular formula is C23H21BrN2O5S. The van der Waals surface area contributed by atoms with Crippen LogP contribution in [0.1, 0.15) is 38.1 Å². The van der Waals surface area contributed by atoms with E-state index in [1.165, 1.54) is 11.3 Å². The molecule has 166 valence electrons. The first kappa shape index (κ1) is 22.3. The monoisotopic (exact) mass is 516 g/mol. The number of nitrogens with zero attached hydrogens (tertiary/aromatic N) is 2. The number of esters is 1. The molecule has 0 amide bonds. The van der Waals surface area contributed by atoms with E-state index in [0.717, 1.165) is 5.56 Å². The molecule has 1 atom stereocenters. The highest BCUT2D eigenvalue weighted by Crippen LogP contribution is 2.31. The van der Waals surface area contributed by atoms with Crippen LogP contribution in [-0.4, -0.2) is 23.8 Å². The van der Waals surface area contributed by atoms with E-state index in [4.69, 9.17) is 13.9 Å². The highest BCUT2D eigenvalue weighted by atomic mass is 79.9. The first-order valence-corrected chi connectivity index (χ1v) is 11.5. The molecule has 0 radical (unpaired) electrons. The van der Waals surface area contributed by atoms with Crippen molar-refractivity contribution in [1.29, 1.82) is 0 Å². The van der Waals surface area contributed by atoms with Gasteiger partial charge in [-0.2, -0.15) is 0 Å². The third kappa shape index (κ3) is 4.22. The minimum Gasteiger partial charge on any atom is -0.497 e. The molecule has 2 aromatic heterocycles. The summed E-state index contributed by atoms with van der Waals surface area (Å²) in [5.41, 5.74) is 1.35. The van der Waals surface area contributed by atoms with Crippen LogP contribution in [0.3, 0.4) is 0 Å². The summed E-state index contributed by atoms with van der Waals surface area (Å²) >= 11 is 4.52. The van der Waals surface area contributed by atoms with Gasteiger partial charge >= 0.3 is 5.97 Å². The largest absolute Gasteiger partial charge is 0.497 e. The van der Waals surface area contributed by atoms with Gasteiger partial charge in [-0.05, 0) is 66.5 Å². The van der Waals surface area contributed by atoms with Gasteiger partial charge in [-0.1, -0.05) is 23.5 Å². The zero-order valence-corrected chi connectivity index (χ0v) is 20.3. The maximum atomic E-state index is 13.5. The van der Waals surface area contributed by atoms with E-state index in [0.29, 0.717) is 36.8 Å². The summed E-state index contributed by atoms with van der Waals surface area (Å²) in [6.45, 7) is 5.33. The van der Waals surface area contributed by atoms with Gasteiger partial charge < -0.3 is 13.9 Å². The molecular weight excluding hydrogens is 496 g/mol. The van der Waals surface area contributed by atoms with Gasteiger partial charge in [-0.3, -0.25) is 9.36 Å². The Morgan fingerprint density at radius 3 is 2.56 bits per heavy atom. The average Bonchev–Trinajstić information content (AvgIpc) is 3.29. The molecule has 0 fully saturated rings. The Morgan fingerprint density at radius 1 is 1.25 bits per heavy atom. The van der Waals surface area contributed by atoms with Crippen molar-refractivity contribution in [3.63, 3.8) is 0 Å². The van der Waals surface area contributed by atoms with Gasteiger partial charge in [0.15, 0.2) is 9.47 Å². The van der Waals surface area contributed by atoms with Gasteiger partial charge in [0, 0.05) is 6.08 Å². The van der Waals surface area contributed by atoms with Gasteiger partial charge in [0.25, 0.3) is 5.56 Å². The molecule has 1 aliphatic heterocycles. The SMILES string of the molecule is COc1ccc([C@@H]2C(C(=O)OC(C)C)=C(C)N=c3s/c(=C\c4ccc(Br)o4)c(=O)n32)cc1. The summed E-state index contributed by atoms with van der Waals surface area (Å²) in [4.78, 5) is 31.6. The number of carbonyl (C=O) groups excluding carboxylic acids is 1. The number of furan rings is 1. The van der Waals surface area contributed by atoms with Crippen molar-refractivity contribution in [3.05, 3.63) is 83.3 Å². The van der Waals surface area contributed by atoms with Crippen molar-refractivity contribution in [2.45, 2.75) is 32.9 Å². The number of benzene rings is 1. The highest BCUT2D eigenvalue weighted by molar-refractivity contribution is 9.10. The maximum absolute atomic E-state index is 13.5. The second-order valence-corrected chi connectivity index (χ2v) is 9.24. The highest BCUT2D eigenvalue weighted by Gasteiger charge is 2.33. The van der Waals surface area contributed by atoms with E-state index in [2.05, 4.69) is 20.9 Å². The number of thiazole rings is 1. The molecule has 3 heterocycles. The molecule has 0 spiro atoms. The van der Waals surface area contributed by atoms with Crippen LogP contribution in [0.4, 0.5) is 0 Å². The molecule has 0 N–H and O–H groups in total. The number of carbonyl (C=O) groups is 1. The fourth-order valence-corrected chi connectivity index (χ4v) is 4.84. The number of fused-ring (bicyclic) bond motifs is 1. The number of rotatable bonds is 5. The first-order chi connectivity index (χ1) is 15.3. The zero-order chi connectivity index (χ0) is 23.0. The van der Waals surface area contributed by atoms with Crippen LogP contribution in [0, 0.1) is 0 Å². The van der Waals surface area contributed by atoms with Crippen LogP contribution >= 0.6 is 27.3 Å². The predicted octanol–water partition coefficient (Wildman–Crippen LogP) is 3.55. The smallest absolute Gasteiger partial charge is 0.338 e. The van der Waals surface area contributed by atoms with Crippen LogP contribution in [0.15, 0.2) is 66.5 Å². The topological polar surface area (TPSA) is 83.0 Å². The molecule has 9 heteroatoms. The van der Waals surface area contributed by atoms with Gasteiger partial charge in [-0.25, -0.2) is 9.79 Å². The number of methoxy groups -OCH3 is 1. The zero-order valence-electron chi connectivity index (χ0n) is 17.9. The molecule has 0 aliphatic carbocycles. The summed E-state index contributed by atoms with van der Waals surface area (Å²) < 4.78 is 18.9. The van der Waals surface area contributed by atoms with Gasteiger partial charge in [0.05, 0.1) is 35.1 Å². The third-order valence-electron chi connectivity index (χ3n) is 4.88. The predicted molar refractivity (Wildman–Crippen MR) is 124 cm³/mol. The number of ether oxygens (including phenoxy) is 2. The lowest BCUT2D eigenvalue weighted by Crippen LogP contribution is -2.40. The maximum Gasteiger partial charge on any atom is 0.338 e. The van der Waals surface area contributed by atoms with Gasteiger partial charge in [-0.15, -0.1) is 0 Å². The van der Waals surface area contributed by atoms with Crippen LogP contribution in [-0.2, 0) is 9.53 Å². The molecule has 3 aromatic rings. The summed E-state index contributed by atoms with van der Waals surface area (Å²) in [5, 5.41) is 0. The van der Waals surface area contributed by atoms with Crippen LogP contribution in [0.2, 0.25) is 0 Å². The Kier molecular flexibility index (Phi) is 6.21. The lowest BCUT2D eigenvalue weighted by molar-refractivity contribution is -0.143. The number of hydrogen-bond donors (Lipinski definition) is 0. The van der Waals surface area contributed by atoms with Gasteiger partial charge in [0.2, 0.25) is 0 Å². The minimum atomic E-state index is -0.672. The van der Waals surface area contributed by atoms with E-state index in [9.17, 15) is 9.59 Å². The third-order valence-corrected chi connectivity index (χ3v) is 6.29. The molecule has 0 saturated heterocycles. The molecule has 0 unspecified atom stereocenters. The molecule has 7 nitrogen and oxygen atoms in total. The summed E-state index contributed by atoms with van der Waals surface area (Å²) in [6.07, 6.45) is 1.37. The molecule has 1 aromatic carbocycles. The molecule has 1 aliphatic rings. The molecule has 0 bridgehead atoms. The van der Waals surface area contributed by atoms with Crippen molar-refractivity contribution < 1.29 is 18.7 Å². The van der Waals surface area contributed by atoms with Crippen LogP contribution in [0.5, 0.6) is 5.75 Å². The second kappa shape index (κ2) is 8.91. The molecule has 32 heavy (non-hydrogen) atoms. The van der Waals surface area contributed by atoms with E-state index < -0.39 is 12.0 Å². The van der Waals surface area contributed by atoms with Crippen molar-refractivity contribution in [3.8, 4) is 5.75 Å². The van der Waals surface area contributed by atoms with Crippen molar-refractivity contribution in [1.82, 2.24) is 4.57 Å². The molecule has 0 saturated carbocycles. The van der Waals surface area contributed by atoms with Crippen molar-refractivity contribution >= 4 is 39.3 Å². The van der Waals surface area contributed by atoms with E-state index >= 15 is 0 Å². The lowest BCUT2D eigenvalue weighted by Gasteiger charge is -2.25. The summed E-state index contributed by atoms with van der Waals surface area (Å²) in [5.74, 6) is 0.723. The Hall–Kier alpha value is -2.91. The Balaban J connectivity index is 1.93. The number of halogens is 1. The summed E-state index contributed by atoms with van der Waals surface area (Å²) in [7, 11) is 1.58. The van der Waals surface area contributed by atoms with E-state index in [1.807, 2.05) is 12.1 Å². The minimum absolute atomic E-state index is 0.260. The molecule has 4 rings (SSSR count). The van der Waals surface area contributed by atoms with E-state index in [-0.39, 0.29) is 11.7 Å². The normalized spacial score (nSPS) is 16.2. The lowest BCUT2D eigenvalue weighted by atomic mass is 9.96. The standard InChI is InChI=1S/C23H21BrN2O5S/c1-12(2)30-22(28)19-13(3)25-23-26(20(19)14-5-7-15(29-4)8-6-14)21(27)17(32-23)11-16-9-10-18(24)31-16/h5-12,20H,1-4H3/b17-11-/t20-/m1/s1. The Labute approximate surface area is 196 Å². The van der Waals surface area contributed by atoms with E-state index in [1.54, 1.807) is 62.8 Å². The van der Waals surface area contributed by atoms with Crippen molar-refractivity contribution in [2.24, 2.45) is 4.99 Å². The fraction of sp³-hybridized carbons (Fsp3) is 0.261. The van der Waals surface area contributed by atoms with Crippen LogP contribution in [0.25, 0.3) is 6.08 Å². The number of aromatic nitrogens is 1. The van der Waals surface area contributed by atoms with Crippen LogP contribution < -0.4 is 19.6 Å². The second-order valence-electron chi connectivity index (χ2n) is 7.45.